The van der Waals surface area contributed by atoms with Crippen LogP contribution in [0.15, 0.2) is 24.3 Å². The van der Waals surface area contributed by atoms with Crippen molar-refractivity contribution in [3.63, 3.8) is 0 Å². The normalized spacial score (nSPS) is 15.2. The van der Waals surface area contributed by atoms with E-state index in [1.165, 1.54) is 11.3 Å². The molecule has 1 aliphatic rings. The van der Waals surface area contributed by atoms with Gasteiger partial charge in [-0.2, -0.15) is 0 Å². The summed E-state index contributed by atoms with van der Waals surface area (Å²) >= 11 is 0. The summed E-state index contributed by atoms with van der Waals surface area (Å²) in [5, 5.41) is 5.88. The molecule has 1 aliphatic heterocycles. The first-order valence-electron chi connectivity index (χ1n) is 7.12. The van der Waals surface area contributed by atoms with Gasteiger partial charge in [-0.05, 0) is 17.7 Å². The van der Waals surface area contributed by atoms with E-state index in [4.69, 9.17) is 4.74 Å². The Morgan fingerprint density at radius 1 is 1.25 bits per heavy atom. The molecule has 1 aromatic rings. The topological polar surface area (TPSA) is 53.6 Å². The average Bonchev–Trinajstić information content (AvgIpc) is 2.52. The molecule has 0 atom stereocenters. The van der Waals surface area contributed by atoms with Gasteiger partial charge in [0.25, 0.3) is 0 Å². The second-order valence-electron chi connectivity index (χ2n) is 4.87. The van der Waals surface area contributed by atoms with E-state index in [2.05, 4.69) is 39.8 Å². The Bertz CT molecular complexity index is 414. The summed E-state index contributed by atoms with van der Waals surface area (Å²) in [5.74, 6) is 0.0696. The lowest BCUT2D eigenvalue weighted by Gasteiger charge is -2.28. The standard InChI is InChI=1S/C15H23N3O2/c1-16-15(19)6-7-17-12-13-2-4-14(5-3-13)18-8-10-20-11-9-18/h2-5,17H,6-12H2,1H3,(H,16,19). The summed E-state index contributed by atoms with van der Waals surface area (Å²) in [4.78, 5) is 13.4. The molecule has 20 heavy (non-hydrogen) atoms. The number of carbonyl (C=O) groups excluding carboxylic acids is 1. The highest BCUT2D eigenvalue weighted by Gasteiger charge is 2.10. The van der Waals surface area contributed by atoms with Gasteiger partial charge in [-0.15, -0.1) is 0 Å². The molecule has 0 radical (unpaired) electrons. The zero-order chi connectivity index (χ0) is 14.2. The number of anilines is 1. The summed E-state index contributed by atoms with van der Waals surface area (Å²) in [6, 6.07) is 8.58. The Labute approximate surface area is 120 Å². The second-order valence-corrected chi connectivity index (χ2v) is 4.87. The summed E-state index contributed by atoms with van der Waals surface area (Å²) in [6.07, 6.45) is 0.516. The zero-order valence-corrected chi connectivity index (χ0v) is 12.0. The molecule has 2 rings (SSSR count). The van der Waals surface area contributed by atoms with Gasteiger partial charge in [0.1, 0.15) is 0 Å². The Morgan fingerprint density at radius 3 is 2.60 bits per heavy atom. The highest BCUT2D eigenvalue weighted by atomic mass is 16.5. The Balaban J connectivity index is 1.75. The molecule has 0 spiro atoms. The number of carbonyl (C=O) groups is 1. The predicted octanol–water partition coefficient (Wildman–Crippen LogP) is 0.749. The molecule has 0 aromatic heterocycles. The van der Waals surface area contributed by atoms with Crippen LogP contribution in [0.1, 0.15) is 12.0 Å². The summed E-state index contributed by atoms with van der Waals surface area (Å²) < 4.78 is 5.35. The minimum atomic E-state index is 0.0696. The lowest BCUT2D eigenvalue weighted by molar-refractivity contribution is -0.120. The van der Waals surface area contributed by atoms with Gasteiger partial charge in [0.05, 0.1) is 13.2 Å². The SMILES string of the molecule is CNC(=O)CCNCc1ccc(N2CCOCC2)cc1. The van der Waals surface area contributed by atoms with Gasteiger partial charge < -0.3 is 20.3 Å². The molecule has 5 heteroatoms. The lowest BCUT2D eigenvalue weighted by Crippen LogP contribution is -2.36. The number of nitrogens with one attached hydrogen (secondary N) is 2. The number of amides is 1. The Kier molecular flexibility index (Phi) is 5.83. The molecule has 1 saturated heterocycles. The molecule has 0 unspecified atom stereocenters. The molecule has 110 valence electrons. The molecule has 1 heterocycles. The van der Waals surface area contributed by atoms with Crippen LogP contribution >= 0.6 is 0 Å². The van der Waals surface area contributed by atoms with Crippen LogP contribution in [0.3, 0.4) is 0 Å². The van der Waals surface area contributed by atoms with Crippen molar-refractivity contribution in [3.05, 3.63) is 29.8 Å². The van der Waals surface area contributed by atoms with E-state index >= 15 is 0 Å². The van der Waals surface area contributed by atoms with E-state index in [0.29, 0.717) is 13.0 Å². The number of hydrogen-bond acceptors (Lipinski definition) is 4. The van der Waals surface area contributed by atoms with Crippen molar-refractivity contribution in [1.82, 2.24) is 10.6 Å². The largest absolute Gasteiger partial charge is 0.378 e. The molecule has 2 N–H and O–H groups in total. The zero-order valence-electron chi connectivity index (χ0n) is 12.0. The van der Waals surface area contributed by atoms with E-state index in [0.717, 1.165) is 32.8 Å². The van der Waals surface area contributed by atoms with Gasteiger partial charge in [-0.1, -0.05) is 12.1 Å². The van der Waals surface area contributed by atoms with Crippen LogP contribution < -0.4 is 15.5 Å². The van der Waals surface area contributed by atoms with Crippen LogP contribution in [-0.4, -0.2) is 45.8 Å². The molecular weight excluding hydrogens is 254 g/mol. The number of hydrogen-bond donors (Lipinski definition) is 2. The van der Waals surface area contributed by atoms with E-state index in [9.17, 15) is 4.79 Å². The van der Waals surface area contributed by atoms with Crippen LogP contribution in [0.25, 0.3) is 0 Å². The van der Waals surface area contributed by atoms with Gasteiger partial charge in [0.15, 0.2) is 0 Å². The molecule has 0 bridgehead atoms. The smallest absolute Gasteiger partial charge is 0.221 e. The third-order valence-electron chi connectivity index (χ3n) is 3.45. The number of rotatable bonds is 6. The third kappa shape index (κ3) is 4.51. The van der Waals surface area contributed by atoms with Gasteiger partial charge in [0, 0.05) is 45.3 Å². The summed E-state index contributed by atoms with van der Waals surface area (Å²) in [6.45, 7) is 5.03. The number of benzene rings is 1. The quantitative estimate of drug-likeness (QED) is 0.754. The fraction of sp³-hybridized carbons (Fsp3) is 0.533. The minimum absolute atomic E-state index is 0.0696. The monoisotopic (exact) mass is 277 g/mol. The summed E-state index contributed by atoms with van der Waals surface area (Å²) in [7, 11) is 1.66. The lowest BCUT2D eigenvalue weighted by atomic mass is 10.2. The molecule has 1 aromatic carbocycles. The average molecular weight is 277 g/mol. The van der Waals surface area contributed by atoms with E-state index in [1.54, 1.807) is 7.05 Å². The van der Waals surface area contributed by atoms with Crippen molar-refractivity contribution in [3.8, 4) is 0 Å². The maximum absolute atomic E-state index is 11.1. The second kappa shape index (κ2) is 7.87. The molecule has 5 nitrogen and oxygen atoms in total. The van der Waals surface area contributed by atoms with Gasteiger partial charge in [-0.25, -0.2) is 0 Å². The van der Waals surface area contributed by atoms with Crippen LogP contribution in [0.2, 0.25) is 0 Å². The van der Waals surface area contributed by atoms with E-state index < -0.39 is 0 Å². The molecule has 1 amide bonds. The van der Waals surface area contributed by atoms with Crippen LogP contribution in [-0.2, 0) is 16.1 Å². The van der Waals surface area contributed by atoms with Gasteiger partial charge >= 0.3 is 0 Å². The molecule has 0 aliphatic carbocycles. The Hall–Kier alpha value is -1.59. The van der Waals surface area contributed by atoms with Crippen molar-refractivity contribution in [2.75, 3.05) is 44.8 Å². The number of ether oxygens (including phenoxy) is 1. The first-order chi connectivity index (χ1) is 9.79. The van der Waals surface area contributed by atoms with Gasteiger partial charge in [0.2, 0.25) is 5.91 Å². The first kappa shape index (κ1) is 14.8. The van der Waals surface area contributed by atoms with Crippen molar-refractivity contribution < 1.29 is 9.53 Å². The predicted molar refractivity (Wildman–Crippen MR) is 79.9 cm³/mol. The van der Waals surface area contributed by atoms with Gasteiger partial charge in [-0.3, -0.25) is 4.79 Å². The fourth-order valence-corrected chi connectivity index (χ4v) is 2.21. The molecular formula is C15H23N3O2. The maximum Gasteiger partial charge on any atom is 0.221 e. The van der Waals surface area contributed by atoms with Crippen LogP contribution in [0.5, 0.6) is 0 Å². The van der Waals surface area contributed by atoms with Crippen molar-refractivity contribution >= 4 is 11.6 Å². The van der Waals surface area contributed by atoms with Crippen LogP contribution in [0.4, 0.5) is 5.69 Å². The summed E-state index contributed by atoms with van der Waals surface area (Å²) in [5.41, 5.74) is 2.49. The van der Waals surface area contributed by atoms with Crippen molar-refractivity contribution in [2.24, 2.45) is 0 Å². The van der Waals surface area contributed by atoms with E-state index in [1.807, 2.05) is 0 Å². The number of nitrogens with zero attached hydrogens (tertiary/aromatic N) is 1. The third-order valence-corrected chi connectivity index (χ3v) is 3.45. The molecule has 1 fully saturated rings. The molecule has 0 saturated carbocycles. The highest BCUT2D eigenvalue weighted by molar-refractivity contribution is 5.75. The number of morpholine rings is 1. The first-order valence-corrected chi connectivity index (χ1v) is 7.12. The highest BCUT2D eigenvalue weighted by Crippen LogP contribution is 2.16. The maximum atomic E-state index is 11.1. The minimum Gasteiger partial charge on any atom is -0.378 e. The Morgan fingerprint density at radius 2 is 1.95 bits per heavy atom. The van der Waals surface area contributed by atoms with Crippen molar-refractivity contribution in [2.45, 2.75) is 13.0 Å². The van der Waals surface area contributed by atoms with Crippen molar-refractivity contribution in [1.29, 1.82) is 0 Å². The van der Waals surface area contributed by atoms with Crippen LogP contribution in [0, 0.1) is 0 Å². The fourth-order valence-electron chi connectivity index (χ4n) is 2.21. The van der Waals surface area contributed by atoms with E-state index in [-0.39, 0.29) is 5.91 Å².